The van der Waals surface area contributed by atoms with Crippen LogP contribution >= 0.6 is 0 Å². The van der Waals surface area contributed by atoms with Gasteiger partial charge in [0.05, 0.1) is 6.10 Å². The molecule has 2 bridgehead atoms. The molecule has 0 radical (unpaired) electrons. The van der Waals surface area contributed by atoms with E-state index in [0.29, 0.717) is 35.1 Å². The molecule has 2 heterocycles. The van der Waals surface area contributed by atoms with E-state index in [9.17, 15) is 5.11 Å². The molecule has 0 aromatic carbocycles. The van der Waals surface area contributed by atoms with E-state index in [1.165, 1.54) is 19.4 Å². The zero-order valence-electron chi connectivity index (χ0n) is 12.5. The Balaban J connectivity index is 1.83. The van der Waals surface area contributed by atoms with Gasteiger partial charge in [-0.25, -0.2) is 0 Å². The Kier molecular flexibility index (Phi) is 2.49. The van der Waals surface area contributed by atoms with Crippen LogP contribution in [0.3, 0.4) is 0 Å². The van der Waals surface area contributed by atoms with Gasteiger partial charge in [0.25, 0.3) is 0 Å². The van der Waals surface area contributed by atoms with Gasteiger partial charge >= 0.3 is 0 Å². The van der Waals surface area contributed by atoms with Crippen LogP contribution in [-0.4, -0.2) is 42.0 Å². The van der Waals surface area contributed by atoms with Crippen molar-refractivity contribution in [1.82, 2.24) is 4.90 Å². The molecule has 0 amide bonds. The smallest absolute Gasteiger partial charge is 0.158 e. The Morgan fingerprint density at radius 1 is 1.32 bits per heavy atom. The second-order valence-electron chi connectivity index (χ2n) is 8.02. The largest absolute Gasteiger partial charge is 0.368 e. The predicted molar refractivity (Wildman–Crippen MR) is 73.4 cm³/mol. The highest BCUT2D eigenvalue weighted by atomic mass is 16.6. The topological polar surface area (TPSA) is 32.7 Å². The molecule has 2 saturated carbocycles. The van der Waals surface area contributed by atoms with E-state index in [1.807, 2.05) is 0 Å². The molecule has 4 fully saturated rings. The molecule has 3 heteroatoms. The molecule has 0 spiro atoms. The van der Waals surface area contributed by atoms with E-state index in [1.54, 1.807) is 0 Å². The number of likely N-dealkylation sites (tertiary alicyclic amines) is 1. The van der Waals surface area contributed by atoms with Gasteiger partial charge in [-0.1, -0.05) is 20.8 Å². The number of rotatable bonds is 1. The molecular formula is C16H27NO2. The summed E-state index contributed by atoms with van der Waals surface area (Å²) in [5, 5.41) is 10.5. The zero-order valence-corrected chi connectivity index (χ0v) is 12.5. The molecule has 2 aliphatic carbocycles. The number of hydrogen-bond acceptors (Lipinski definition) is 3. The summed E-state index contributed by atoms with van der Waals surface area (Å²) in [4.78, 5) is 2.53. The lowest BCUT2D eigenvalue weighted by atomic mass is 9.55. The van der Waals surface area contributed by atoms with Gasteiger partial charge in [0.2, 0.25) is 0 Å². The average Bonchev–Trinajstić information content (AvgIpc) is 2.86. The third-order valence-electron chi connectivity index (χ3n) is 7.12. The molecule has 8 atom stereocenters. The molecule has 0 aromatic heterocycles. The van der Waals surface area contributed by atoms with E-state index >= 15 is 0 Å². The summed E-state index contributed by atoms with van der Waals surface area (Å²) in [6.07, 6.45) is 2.38. The number of aliphatic hydroxyl groups excluding tert-OH is 1. The maximum atomic E-state index is 10.5. The predicted octanol–water partition coefficient (Wildman–Crippen LogP) is 1.95. The lowest BCUT2D eigenvalue weighted by Crippen LogP contribution is -2.57. The summed E-state index contributed by atoms with van der Waals surface area (Å²) in [6.45, 7) is 8.32. The molecule has 19 heavy (non-hydrogen) atoms. The second kappa shape index (κ2) is 3.75. The second-order valence-corrected chi connectivity index (χ2v) is 8.02. The van der Waals surface area contributed by atoms with E-state index in [4.69, 9.17) is 4.74 Å². The first kappa shape index (κ1) is 12.6. The van der Waals surface area contributed by atoms with E-state index in [2.05, 4.69) is 32.7 Å². The Morgan fingerprint density at radius 3 is 2.74 bits per heavy atom. The summed E-state index contributed by atoms with van der Waals surface area (Å²) in [5.74, 6) is 3.00. The first-order valence-electron chi connectivity index (χ1n) is 8.00. The van der Waals surface area contributed by atoms with Crippen molar-refractivity contribution in [2.45, 2.75) is 52.0 Å². The minimum Gasteiger partial charge on any atom is -0.368 e. The monoisotopic (exact) mass is 265 g/mol. The minimum atomic E-state index is -0.517. The molecule has 4 rings (SSSR count). The summed E-state index contributed by atoms with van der Waals surface area (Å²) in [6, 6.07) is 0.519. The van der Waals surface area contributed by atoms with Crippen LogP contribution in [0.4, 0.5) is 0 Å². The molecule has 3 nitrogen and oxygen atoms in total. The number of aliphatic hydroxyl groups is 1. The number of likely N-dealkylation sites (N-methyl/N-ethyl adjacent to an activating group) is 1. The molecule has 1 N–H and O–H groups in total. The highest BCUT2D eigenvalue weighted by molar-refractivity contribution is 5.19. The van der Waals surface area contributed by atoms with Crippen molar-refractivity contribution < 1.29 is 9.84 Å². The molecule has 8 unspecified atom stereocenters. The fourth-order valence-corrected chi connectivity index (χ4v) is 6.53. The van der Waals surface area contributed by atoms with Crippen molar-refractivity contribution in [3.63, 3.8) is 0 Å². The fraction of sp³-hybridized carbons (Fsp3) is 1.00. The van der Waals surface area contributed by atoms with Gasteiger partial charge in [0.15, 0.2) is 6.29 Å². The van der Waals surface area contributed by atoms with Gasteiger partial charge in [-0.3, -0.25) is 4.90 Å². The molecule has 2 aliphatic heterocycles. The molecule has 2 saturated heterocycles. The van der Waals surface area contributed by atoms with Gasteiger partial charge in [-0.2, -0.15) is 0 Å². The molecule has 0 aromatic rings. The third kappa shape index (κ3) is 1.30. The normalized spacial score (nSPS) is 60.0. The number of fused-ring (bicyclic) bond motifs is 4. The van der Waals surface area contributed by atoms with Crippen molar-refractivity contribution in [1.29, 1.82) is 0 Å². The van der Waals surface area contributed by atoms with Crippen LogP contribution in [0.1, 0.15) is 33.6 Å². The first-order valence-corrected chi connectivity index (χ1v) is 8.00. The van der Waals surface area contributed by atoms with Crippen LogP contribution in [0.2, 0.25) is 0 Å². The molecular weight excluding hydrogens is 238 g/mol. The van der Waals surface area contributed by atoms with E-state index in [-0.39, 0.29) is 6.10 Å². The van der Waals surface area contributed by atoms with Crippen LogP contribution in [0, 0.1) is 35.0 Å². The summed E-state index contributed by atoms with van der Waals surface area (Å²) in [5.41, 5.74) is 0.382. The van der Waals surface area contributed by atoms with Crippen molar-refractivity contribution >= 4 is 0 Å². The number of hydrogen-bond donors (Lipinski definition) is 1. The Morgan fingerprint density at radius 2 is 2.05 bits per heavy atom. The highest BCUT2D eigenvalue weighted by Crippen LogP contribution is 2.67. The Bertz CT molecular complexity index is 398. The minimum absolute atomic E-state index is 0.245. The van der Waals surface area contributed by atoms with Gasteiger partial charge in [-0.05, 0) is 49.0 Å². The van der Waals surface area contributed by atoms with E-state index < -0.39 is 6.29 Å². The average molecular weight is 265 g/mol. The lowest BCUT2D eigenvalue weighted by Gasteiger charge is -2.50. The number of nitrogens with zero attached hydrogens (tertiary/aromatic N) is 1. The zero-order chi connectivity index (χ0) is 13.5. The van der Waals surface area contributed by atoms with E-state index in [0.717, 1.165) is 5.92 Å². The van der Waals surface area contributed by atoms with Crippen LogP contribution < -0.4 is 0 Å². The van der Waals surface area contributed by atoms with Crippen LogP contribution in [0.25, 0.3) is 0 Å². The van der Waals surface area contributed by atoms with Gasteiger partial charge in [0, 0.05) is 18.5 Å². The first-order chi connectivity index (χ1) is 8.96. The fourth-order valence-electron chi connectivity index (χ4n) is 6.53. The lowest BCUT2D eigenvalue weighted by molar-refractivity contribution is -0.115. The van der Waals surface area contributed by atoms with Crippen molar-refractivity contribution in [3.8, 4) is 0 Å². The third-order valence-corrected chi connectivity index (χ3v) is 7.12. The quantitative estimate of drug-likeness (QED) is 0.786. The van der Waals surface area contributed by atoms with Crippen LogP contribution in [0.15, 0.2) is 0 Å². The standard InChI is InChI=1S/C16H27NO2/c1-8(2)11-12-10-6-5-9-7-17(4)14(16(9,10)3)13(11)19-15(12)18/h8-15,18H,5-7H2,1-4H3. The van der Waals surface area contributed by atoms with Crippen molar-refractivity contribution in [2.75, 3.05) is 13.6 Å². The maximum Gasteiger partial charge on any atom is 0.158 e. The number of ether oxygens (including phenoxy) is 1. The summed E-state index contributed by atoms with van der Waals surface area (Å²) >= 11 is 0. The van der Waals surface area contributed by atoms with Crippen molar-refractivity contribution in [3.05, 3.63) is 0 Å². The Hall–Kier alpha value is -0.120. The molecule has 4 aliphatic rings. The Labute approximate surface area is 116 Å². The van der Waals surface area contributed by atoms with Gasteiger partial charge in [-0.15, -0.1) is 0 Å². The van der Waals surface area contributed by atoms with Crippen LogP contribution in [0.5, 0.6) is 0 Å². The molecule has 108 valence electrons. The SMILES string of the molecule is CC(C)C1C2OC(O)C1C1CCC3CN(C)C2C31C. The maximum absolute atomic E-state index is 10.5. The summed E-state index contributed by atoms with van der Waals surface area (Å²) < 4.78 is 6.08. The summed E-state index contributed by atoms with van der Waals surface area (Å²) in [7, 11) is 2.26. The van der Waals surface area contributed by atoms with Gasteiger partial charge < -0.3 is 9.84 Å². The van der Waals surface area contributed by atoms with Crippen molar-refractivity contribution in [2.24, 2.45) is 35.0 Å². The van der Waals surface area contributed by atoms with Gasteiger partial charge in [0.1, 0.15) is 0 Å². The highest BCUT2D eigenvalue weighted by Gasteiger charge is 2.70. The van der Waals surface area contributed by atoms with Crippen LogP contribution in [-0.2, 0) is 4.74 Å².